The van der Waals surface area contributed by atoms with Crippen molar-refractivity contribution in [3.63, 3.8) is 0 Å². The quantitative estimate of drug-likeness (QED) is 0.300. The van der Waals surface area contributed by atoms with Crippen LogP contribution in [0.4, 0.5) is 0 Å². The Morgan fingerprint density at radius 1 is 1.35 bits per heavy atom. The zero-order chi connectivity index (χ0) is 16.4. The van der Waals surface area contributed by atoms with E-state index in [0.717, 1.165) is 32.5 Å². The molecule has 0 amide bonds. The summed E-state index contributed by atoms with van der Waals surface area (Å²) in [5.74, 6) is 0.957. The molecule has 0 radical (unpaired) electrons. The van der Waals surface area contributed by atoms with Crippen LogP contribution in [0.3, 0.4) is 0 Å². The number of nitrogen functional groups attached to an aromatic ring is 1. The van der Waals surface area contributed by atoms with Crippen LogP contribution in [-0.2, 0) is 0 Å². The van der Waals surface area contributed by atoms with Crippen LogP contribution in [-0.4, -0.2) is 24.2 Å². The molecule has 0 aliphatic heterocycles. The van der Waals surface area contributed by atoms with Crippen molar-refractivity contribution in [3.05, 3.63) is 46.0 Å². The zero-order valence-corrected chi connectivity index (χ0v) is 15.1. The minimum atomic E-state index is -0.160. The summed E-state index contributed by atoms with van der Waals surface area (Å²) >= 11 is 1.60. The third-order valence-electron chi connectivity index (χ3n) is 3.30. The highest BCUT2D eigenvalue weighted by atomic mass is 33.1. The lowest BCUT2D eigenvalue weighted by Gasteiger charge is -2.01. The Balaban J connectivity index is 1.97. The van der Waals surface area contributed by atoms with Crippen molar-refractivity contribution in [2.45, 2.75) is 0 Å². The highest BCUT2D eigenvalue weighted by molar-refractivity contribution is 8.45. The van der Waals surface area contributed by atoms with Gasteiger partial charge in [-0.05, 0) is 12.1 Å². The standard InChI is InChI=1S/C16H16N3OS3/c1-20-12-5-3-4-10(6-12)13-8-22-16(19-13)11-7-14(15(17)18)23(9-11)21-2/h3-9H,1-2H3,(H3,17,18)/q+1. The third-order valence-corrected chi connectivity index (χ3v) is 7.69. The second kappa shape index (κ2) is 6.74. The molecule has 7 heteroatoms. The number of benzene rings is 1. The molecule has 3 rings (SSSR count). The van der Waals surface area contributed by atoms with Crippen molar-refractivity contribution in [2.24, 2.45) is 5.73 Å². The van der Waals surface area contributed by atoms with Crippen LogP contribution in [0.5, 0.6) is 5.75 Å². The van der Waals surface area contributed by atoms with Crippen LogP contribution in [0.1, 0.15) is 4.88 Å². The van der Waals surface area contributed by atoms with E-state index >= 15 is 0 Å². The Morgan fingerprint density at radius 2 is 2.17 bits per heavy atom. The van der Waals surface area contributed by atoms with Gasteiger partial charge in [-0.15, -0.1) is 11.3 Å². The van der Waals surface area contributed by atoms with Crippen LogP contribution in [0, 0.1) is 5.41 Å². The molecule has 2 aromatic heterocycles. The summed E-state index contributed by atoms with van der Waals surface area (Å²) in [5, 5.41) is 12.8. The lowest BCUT2D eigenvalue weighted by molar-refractivity contribution is 0.415. The third kappa shape index (κ3) is 3.26. The number of amidine groups is 1. The number of hydrogen-bond donors (Lipinski definition) is 2. The molecule has 0 spiro atoms. The fourth-order valence-corrected chi connectivity index (χ4v) is 5.89. The SMILES string of the molecule is COc1cccc(-c2csc(-c3cc(C(=N)N)[s+](SC)c3)n2)c1. The molecule has 23 heavy (non-hydrogen) atoms. The topological polar surface area (TPSA) is 72.0 Å². The molecule has 1 atom stereocenters. The molecule has 3 N–H and O–H groups in total. The lowest BCUT2D eigenvalue weighted by Crippen LogP contribution is -2.09. The van der Waals surface area contributed by atoms with Gasteiger partial charge in [0.15, 0.2) is 11.2 Å². The van der Waals surface area contributed by atoms with E-state index in [-0.39, 0.29) is 15.3 Å². The number of ether oxygens (including phenoxy) is 1. The van der Waals surface area contributed by atoms with E-state index in [4.69, 9.17) is 20.9 Å². The maximum Gasteiger partial charge on any atom is 0.228 e. The summed E-state index contributed by atoms with van der Waals surface area (Å²) in [7, 11) is 3.20. The zero-order valence-electron chi connectivity index (χ0n) is 12.7. The number of aromatic nitrogens is 1. The number of nitrogens with zero attached hydrogens (tertiary/aromatic N) is 1. The van der Waals surface area contributed by atoms with E-state index < -0.39 is 0 Å². The van der Waals surface area contributed by atoms with E-state index in [1.807, 2.05) is 42.0 Å². The first-order chi connectivity index (χ1) is 11.1. The van der Waals surface area contributed by atoms with Crippen molar-refractivity contribution in [1.82, 2.24) is 4.98 Å². The number of nitrogens with two attached hydrogens (primary N) is 1. The highest BCUT2D eigenvalue weighted by Crippen LogP contribution is 2.41. The number of hydrogen-bond acceptors (Lipinski definition) is 5. The van der Waals surface area contributed by atoms with Gasteiger partial charge in [-0.2, -0.15) is 0 Å². The minimum absolute atomic E-state index is 0.138. The number of methoxy groups -OCH3 is 1. The number of thiazole rings is 1. The summed E-state index contributed by atoms with van der Waals surface area (Å²) in [4.78, 5) is 5.61. The van der Waals surface area contributed by atoms with Gasteiger partial charge in [0.2, 0.25) is 4.88 Å². The van der Waals surface area contributed by atoms with Gasteiger partial charge in [0.05, 0.1) is 27.9 Å². The highest BCUT2D eigenvalue weighted by Gasteiger charge is 2.22. The molecule has 2 heterocycles. The van der Waals surface area contributed by atoms with E-state index in [0.29, 0.717) is 0 Å². The number of thiophene rings is 1. The van der Waals surface area contributed by atoms with Gasteiger partial charge in [-0.3, -0.25) is 5.41 Å². The summed E-state index contributed by atoms with van der Waals surface area (Å²) in [6.07, 6.45) is 2.03. The van der Waals surface area contributed by atoms with E-state index in [9.17, 15) is 0 Å². The monoisotopic (exact) mass is 362 g/mol. The largest absolute Gasteiger partial charge is 0.497 e. The van der Waals surface area contributed by atoms with Gasteiger partial charge in [0, 0.05) is 23.3 Å². The number of nitrogens with one attached hydrogen (secondary N) is 1. The van der Waals surface area contributed by atoms with Gasteiger partial charge in [0.25, 0.3) is 0 Å². The van der Waals surface area contributed by atoms with E-state index in [2.05, 4.69) is 5.38 Å². The molecule has 4 nitrogen and oxygen atoms in total. The molecule has 1 unspecified atom stereocenters. The average molecular weight is 363 g/mol. The fraction of sp³-hybridized carbons (Fsp3) is 0.125. The lowest BCUT2D eigenvalue weighted by atomic mass is 10.1. The van der Waals surface area contributed by atoms with Gasteiger partial charge < -0.3 is 10.5 Å². The molecule has 0 bridgehead atoms. The normalized spacial score (nSPS) is 11.5. The van der Waals surface area contributed by atoms with E-state index in [1.54, 1.807) is 29.2 Å². The van der Waals surface area contributed by atoms with Crippen LogP contribution in [0.2, 0.25) is 0 Å². The van der Waals surface area contributed by atoms with Gasteiger partial charge in [-0.1, -0.05) is 12.1 Å². The molecular weight excluding hydrogens is 346 g/mol. The maximum atomic E-state index is 7.70. The second-order valence-corrected chi connectivity index (χ2v) is 9.27. The van der Waals surface area contributed by atoms with E-state index in [1.165, 1.54) is 0 Å². The Morgan fingerprint density at radius 3 is 2.83 bits per heavy atom. The molecule has 1 aromatic carbocycles. The van der Waals surface area contributed by atoms with Gasteiger partial charge in [-0.25, -0.2) is 4.98 Å². The predicted octanol–water partition coefficient (Wildman–Crippen LogP) is 4.64. The summed E-state index contributed by atoms with van der Waals surface area (Å²) in [5.41, 5.74) is 8.69. The van der Waals surface area contributed by atoms with Crippen LogP contribution >= 0.6 is 31.6 Å². The van der Waals surface area contributed by atoms with Crippen molar-refractivity contribution < 1.29 is 4.74 Å². The summed E-state index contributed by atoms with van der Waals surface area (Å²) < 4.78 is 5.27. The fourth-order valence-electron chi connectivity index (χ4n) is 2.17. The Kier molecular flexibility index (Phi) is 4.70. The van der Waals surface area contributed by atoms with Crippen LogP contribution in [0.25, 0.3) is 21.8 Å². The van der Waals surface area contributed by atoms with Crippen molar-refractivity contribution in [3.8, 4) is 27.6 Å². The average Bonchev–Trinajstić information content (AvgIpc) is 3.21. The first-order valence-electron chi connectivity index (χ1n) is 6.78. The smallest absolute Gasteiger partial charge is 0.228 e. The molecule has 0 aliphatic carbocycles. The van der Waals surface area contributed by atoms with Crippen molar-refractivity contribution >= 4 is 37.5 Å². The second-order valence-electron chi connectivity index (χ2n) is 4.73. The Bertz CT molecular complexity index is 854. The molecule has 3 aromatic rings. The minimum Gasteiger partial charge on any atom is -0.497 e. The first-order valence-corrected chi connectivity index (χ1v) is 10.7. The van der Waals surface area contributed by atoms with Crippen molar-refractivity contribution in [2.75, 3.05) is 13.4 Å². The molecular formula is C16H16N3OS3+. The molecule has 0 saturated heterocycles. The molecule has 0 saturated carbocycles. The Labute approximate surface area is 145 Å². The van der Waals surface area contributed by atoms with Gasteiger partial charge >= 0.3 is 0 Å². The maximum absolute atomic E-state index is 7.70. The first kappa shape index (κ1) is 16.0. The molecule has 0 fully saturated rings. The summed E-state index contributed by atoms with van der Waals surface area (Å²) in [6, 6.07) is 9.86. The van der Waals surface area contributed by atoms with Gasteiger partial charge in [0.1, 0.15) is 21.6 Å². The summed E-state index contributed by atoms with van der Waals surface area (Å²) in [6.45, 7) is 0. The van der Waals surface area contributed by atoms with Crippen LogP contribution < -0.4 is 10.5 Å². The van der Waals surface area contributed by atoms with Crippen molar-refractivity contribution in [1.29, 1.82) is 5.41 Å². The predicted molar refractivity (Wildman–Crippen MR) is 102 cm³/mol. The Hall–Kier alpha value is -1.83. The molecule has 118 valence electrons. The number of rotatable bonds is 5. The van der Waals surface area contributed by atoms with Crippen LogP contribution in [0.15, 0.2) is 41.1 Å². The molecule has 0 aliphatic rings.